The van der Waals surface area contributed by atoms with Crippen LogP contribution in [-0.4, -0.2) is 4.98 Å². The van der Waals surface area contributed by atoms with Crippen LogP contribution in [0.2, 0.25) is 0 Å². The molecule has 4 aromatic rings. The van der Waals surface area contributed by atoms with Crippen molar-refractivity contribution >= 4 is 32.6 Å². The molecule has 0 fully saturated rings. The van der Waals surface area contributed by atoms with Crippen LogP contribution >= 0.6 is 0 Å². The highest BCUT2D eigenvalue weighted by atomic mass is 14.7. The number of benzene rings is 3. The molecule has 0 radical (unpaired) electrons. The van der Waals surface area contributed by atoms with Crippen molar-refractivity contribution < 1.29 is 0 Å². The fraction of sp³-hybridized carbons (Fsp3) is 0.222. The summed E-state index contributed by atoms with van der Waals surface area (Å²) in [6, 6.07) is 13.6. The zero-order valence-electron chi connectivity index (χ0n) is 11.4. The third-order valence-corrected chi connectivity index (χ3v) is 4.37. The number of aryl methyl sites for hydroxylation is 2. The van der Waals surface area contributed by atoms with Gasteiger partial charge in [0, 0.05) is 21.8 Å². The topological polar surface area (TPSA) is 15.8 Å². The van der Waals surface area contributed by atoms with Gasteiger partial charge in [-0.2, -0.15) is 0 Å². The smallest absolute Gasteiger partial charge is 0.0471 e. The molecule has 0 saturated heterocycles. The highest BCUT2D eigenvalue weighted by molar-refractivity contribution is 6.24. The van der Waals surface area contributed by atoms with Crippen LogP contribution in [0, 0.1) is 0 Å². The molecule has 1 N–H and O–H groups in total. The van der Waals surface area contributed by atoms with E-state index in [2.05, 4.69) is 55.2 Å². The lowest BCUT2D eigenvalue weighted by Gasteiger charge is -2.08. The van der Waals surface area contributed by atoms with Crippen molar-refractivity contribution in [3.05, 3.63) is 47.5 Å². The molecule has 0 amide bonds. The number of nitrogens with one attached hydrogen (secondary N) is 1. The second-order valence-electron chi connectivity index (χ2n) is 5.29. The first-order valence-electron chi connectivity index (χ1n) is 7.10. The molecule has 0 bridgehead atoms. The highest BCUT2D eigenvalue weighted by Crippen LogP contribution is 2.37. The van der Waals surface area contributed by atoms with Gasteiger partial charge in [-0.25, -0.2) is 0 Å². The van der Waals surface area contributed by atoms with E-state index in [9.17, 15) is 0 Å². The molecular weight excluding hydrogens is 230 g/mol. The summed E-state index contributed by atoms with van der Waals surface area (Å²) in [5, 5.41) is 5.66. The molecule has 1 heterocycles. The van der Waals surface area contributed by atoms with Gasteiger partial charge >= 0.3 is 0 Å². The molecule has 3 aromatic carbocycles. The SMILES string of the molecule is CCc1ccc2[nH]c3ccc(CC)c4ccc1c2c34. The van der Waals surface area contributed by atoms with Gasteiger partial charge in [-0.1, -0.05) is 38.1 Å². The Morgan fingerprint density at radius 3 is 1.58 bits per heavy atom. The Hall–Kier alpha value is -2.02. The summed E-state index contributed by atoms with van der Waals surface area (Å²) in [6.45, 7) is 4.46. The van der Waals surface area contributed by atoms with Crippen molar-refractivity contribution in [2.75, 3.05) is 0 Å². The van der Waals surface area contributed by atoms with E-state index in [-0.39, 0.29) is 0 Å². The minimum atomic E-state index is 1.09. The maximum absolute atomic E-state index is 3.56. The summed E-state index contributed by atoms with van der Waals surface area (Å²) < 4.78 is 0. The predicted octanol–water partition coefficient (Wildman–Crippen LogP) is 5.04. The van der Waals surface area contributed by atoms with Gasteiger partial charge in [-0.15, -0.1) is 0 Å². The van der Waals surface area contributed by atoms with E-state index in [1.165, 1.54) is 43.7 Å². The first-order chi connectivity index (χ1) is 9.33. The molecule has 94 valence electrons. The van der Waals surface area contributed by atoms with Crippen molar-refractivity contribution in [3.8, 4) is 0 Å². The van der Waals surface area contributed by atoms with Crippen LogP contribution < -0.4 is 0 Å². The maximum atomic E-state index is 3.56. The highest BCUT2D eigenvalue weighted by Gasteiger charge is 2.13. The van der Waals surface area contributed by atoms with Crippen molar-refractivity contribution in [2.24, 2.45) is 0 Å². The first-order valence-corrected chi connectivity index (χ1v) is 7.10. The minimum absolute atomic E-state index is 1.09. The van der Waals surface area contributed by atoms with Crippen LogP contribution in [0.25, 0.3) is 32.6 Å². The molecule has 1 nitrogen and oxygen atoms in total. The lowest BCUT2D eigenvalue weighted by atomic mass is 9.94. The largest absolute Gasteiger partial charge is 0.354 e. The number of aromatic amines is 1. The second-order valence-corrected chi connectivity index (χ2v) is 5.29. The number of hydrogen-bond donors (Lipinski definition) is 1. The zero-order valence-corrected chi connectivity index (χ0v) is 11.4. The van der Waals surface area contributed by atoms with E-state index in [4.69, 9.17) is 0 Å². The summed E-state index contributed by atoms with van der Waals surface area (Å²) in [5.74, 6) is 0. The van der Waals surface area contributed by atoms with E-state index >= 15 is 0 Å². The monoisotopic (exact) mass is 247 g/mol. The minimum Gasteiger partial charge on any atom is -0.354 e. The molecule has 0 aliphatic rings. The van der Waals surface area contributed by atoms with Crippen molar-refractivity contribution in [1.29, 1.82) is 0 Å². The van der Waals surface area contributed by atoms with E-state index in [0.717, 1.165) is 12.8 Å². The molecular formula is C18H17N. The van der Waals surface area contributed by atoms with E-state index in [1.807, 2.05) is 0 Å². The number of H-pyrrole nitrogens is 1. The van der Waals surface area contributed by atoms with Crippen molar-refractivity contribution in [3.63, 3.8) is 0 Å². The average molecular weight is 247 g/mol. The summed E-state index contributed by atoms with van der Waals surface area (Å²) in [5.41, 5.74) is 5.41. The van der Waals surface area contributed by atoms with Gasteiger partial charge in [0.1, 0.15) is 0 Å². The number of aromatic nitrogens is 1. The van der Waals surface area contributed by atoms with Crippen molar-refractivity contribution in [1.82, 2.24) is 4.98 Å². The summed E-state index contributed by atoms with van der Waals surface area (Å²) in [7, 11) is 0. The van der Waals surface area contributed by atoms with Gasteiger partial charge in [-0.3, -0.25) is 0 Å². The molecule has 0 spiro atoms. The summed E-state index contributed by atoms with van der Waals surface area (Å²) >= 11 is 0. The van der Waals surface area contributed by atoms with Crippen LogP contribution in [0.15, 0.2) is 36.4 Å². The lowest BCUT2D eigenvalue weighted by molar-refractivity contribution is 1.16. The molecule has 0 aliphatic heterocycles. The Labute approximate surface area is 112 Å². The standard InChI is InChI=1S/C18H17N/c1-3-11-5-9-15-17-13(11)7-8-14-12(4-2)6-10-16(19-15)18(14)17/h5-10,19H,3-4H2,1-2H3. The quantitative estimate of drug-likeness (QED) is 0.478. The predicted molar refractivity (Wildman–Crippen MR) is 83.3 cm³/mol. The second kappa shape index (κ2) is 3.74. The molecule has 0 aliphatic carbocycles. The van der Waals surface area contributed by atoms with Gasteiger partial charge < -0.3 is 4.98 Å². The van der Waals surface area contributed by atoms with E-state index in [1.54, 1.807) is 0 Å². The van der Waals surface area contributed by atoms with Gasteiger partial charge in [-0.05, 0) is 46.9 Å². The molecule has 0 saturated carbocycles. The Balaban J connectivity index is 2.32. The molecule has 0 atom stereocenters. The van der Waals surface area contributed by atoms with Crippen LogP contribution in [-0.2, 0) is 12.8 Å². The van der Waals surface area contributed by atoms with Crippen LogP contribution in [0.1, 0.15) is 25.0 Å². The average Bonchev–Trinajstić information content (AvgIpc) is 2.84. The van der Waals surface area contributed by atoms with Crippen LogP contribution in [0.3, 0.4) is 0 Å². The van der Waals surface area contributed by atoms with Gasteiger partial charge in [0.05, 0.1) is 0 Å². The number of hydrogen-bond acceptors (Lipinski definition) is 0. The summed E-state index contributed by atoms with van der Waals surface area (Å²) in [4.78, 5) is 3.56. The van der Waals surface area contributed by atoms with Crippen molar-refractivity contribution in [2.45, 2.75) is 26.7 Å². The van der Waals surface area contributed by atoms with Gasteiger partial charge in [0.2, 0.25) is 0 Å². The Morgan fingerprint density at radius 2 is 1.16 bits per heavy atom. The van der Waals surface area contributed by atoms with Gasteiger partial charge in [0.15, 0.2) is 0 Å². The molecule has 1 aromatic heterocycles. The van der Waals surface area contributed by atoms with Gasteiger partial charge in [0.25, 0.3) is 0 Å². The van der Waals surface area contributed by atoms with Crippen LogP contribution in [0.4, 0.5) is 0 Å². The fourth-order valence-corrected chi connectivity index (χ4v) is 3.38. The fourth-order valence-electron chi connectivity index (χ4n) is 3.38. The van der Waals surface area contributed by atoms with E-state index in [0.29, 0.717) is 0 Å². The van der Waals surface area contributed by atoms with E-state index < -0.39 is 0 Å². The molecule has 0 unspecified atom stereocenters. The molecule has 4 rings (SSSR count). The number of rotatable bonds is 2. The maximum Gasteiger partial charge on any atom is 0.0471 e. The zero-order chi connectivity index (χ0) is 13.0. The molecule has 19 heavy (non-hydrogen) atoms. The normalized spacial score (nSPS) is 12.1. The summed E-state index contributed by atoms with van der Waals surface area (Å²) in [6.07, 6.45) is 2.18. The third-order valence-electron chi connectivity index (χ3n) is 4.37. The first kappa shape index (κ1) is 10.9. The Kier molecular flexibility index (Phi) is 2.14. The third kappa shape index (κ3) is 1.30. The Morgan fingerprint density at radius 1 is 0.684 bits per heavy atom. The molecule has 1 heteroatoms. The Bertz CT molecular complexity index is 810. The van der Waals surface area contributed by atoms with Crippen LogP contribution in [0.5, 0.6) is 0 Å². The lowest BCUT2D eigenvalue weighted by Crippen LogP contribution is -1.87.